The highest BCUT2D eigenvalue weighted by Gasteiger charge is 2.32. The van der Waals surface area contributed by atoms with Crippen molar-refractivity contribution in [2.45, 2.75) is 12.5 Å². The first kappa shape index (κ1) is 9.47. The second-order valence-electron chi connectivity index (χ2n) is 2.97. The number of rotatable bonds is 2. The molecule has 5 N–H and O–H groups in total. The van der Waals surface area contributed by atoms with E-state index in [2.05, 4.69) is 4.98 Å². The van der Waals surface area contributed by atoms with Gasteiger partial charge in [0, 0.05) is 23.6 Å². The third kappa shape index (κ3) is 1.59. The molecule has 1 unspecified atom stereocenters. The quantitative estimate of drug-likeness (QED) is 0.592. The monoisotopic (exact) mass is 181 g/mol. The van der Waals surface area contributed by atoms with Crippen LogP contribution < -0.4 is 11.5 Å². The fourth-order valence-electron chi connectivity index (χ4n) is 0.954. The van der Waals surface area contributed by atoms with Crippen molar-refractivity contribution in [1.29, 1.82) is 0 Å². The van der Waals surface area contributed by atoms with Crippen molar-refractivity contribution < 1.29 is 9.90 Å². The second-order valence-corrected chi connectivity index (χ2v) is 2.97. The van der Waals surface area contributed by atoms with Crippen molar-refractivity contribution in [2.75, 3.05) is 5.73 Å². The number of aliphatic carboxylic acids is 1. The molecule has 0 amide bonds. The van der Waals surface area contributed by atoms with E-state index in [1.807, 2.05) is 0 Å². The maximum atomic E-state index is 10.8. The number of hydrogen-bond donors (Lipinski definition) is 3. The van der Waals surface area contributed by atoms with E-state index >= 15 is 0 Å². The van der Waals surface area contributed by atoms with Crippen LogP contribution in [0.3, 0.4) is 0 Å². The van der Waals surface area contributed by atoms with Gasteiger partial charge < -0.3 is 16.6 Å². The molecule has 13 heavy (non-hydrogen) atoms. The van der Waals surface area contributed by atoms with Crippen molar-refractivity contribution in [3.05, 3.63) is 24.0 Å². The fraction of sp³-hybridized carbons (Fsp3) is 0.250. The Morgan fingerprint density at radius 3 is 2.77 bits per heavy atom. The molecular weight excluding hydrogens is 170 g/mol. The first-order valence-electron chi connectivity index (χ1n) is 3.68. The van der Waals surface area contributed by atoms with Gasteiger partial charge in [-0.2, -0.15) is 0 Å². The highest BCUT2D eigenvalue weighted by Crippen LogP contribution is 2.22. The molecule has 0 saturated carbocycles. The van der Waals surface area contributed by atoms with Crippen LogP contribution in [0.1, 0.15) is 12.5 Å². The highest BCUT2D eigenvalue weighted by atomic mass is 16.4. The lowest BCUT2D eigenvalue weighted by Gasteiger charge is -2.20. The first-order chi connectivity index (χ1) is 5.96. The zero-order valence-electron chi connectivity index (χ0n) is 7.19. The van der Waals surface area contributed by atoms with Crippen LogP contribution in [0.2, 0.25) is 0 Å². The first-order valence-corrected chi connectivity index (χ1v) is 3.68. The van der Waals surface area contributed by atoms with Crippen LogP contribution in [0.15, 0.2) is 18.5 Å². The summed E-state index contributed by atoms with van der Waals surface area (Å²) in [6.07, 6.45) is 2.85. The molecule has 1 rings (SSSR count). The predicted octanol–water partition coefficient (Wildman–Crippen LogP) is -0.0777. The number of carboxylic acids is 1. The Morgan fingerprint density at radius 1 is 1.69 bits per heavy atom. The highest BCUT2D eigenvalue weighted by molar-refractivity contribution is 5.82. The number of carboxylic acid groups (broad SMARTS) is 1. The van der Waals surface area contributed by atoms with Crippen LogP contribution in [0.25, 0.3) is 0 Å². The molecule has 0 saturated heterocycles. The van der Waals surface area contributed by atoms with Gasteiger partial charge >= 0.3 is 5.97 Å². The van der Waals surface area contributed by atoms with E-state index in [1.54, 1.807) is 0 Å². The summed E-state index contributed by atoms with van der Waals surface area (Å²) in [5, 5.41) is 8.81. The van der Waals surface area contributed by atoms with Gasteiger partial charge in [-0.1, -0.05) is 0 Å². The summed E-state index contributed by atoms with van der Waals surface area (Å²) < 4.78 is 0. The van der Waals surface area contributed by atoms with Crippen LogP contribution in [0.5, 0.6) is 0 Å². The normalized spacial score (nSPS) is 14.9. The number of anilines is 1. The van der Waals surface area contributed by atoms with E-state index in [9.17, 15) is 4.79 Å². The zero-order valence-corrected chi connectivity index (χ0v) is 7.19. The standard InChI is InChI=1S/C8H11N3O2/c1-8(10,7(12)13)5-4-11-3-2-6(5)9/h2-4H,10H2,1H3,(H2,9,11)(H,12,13). The smallest absolute Gasteiger partial charge is 0.328 e. The summed E-state index contributed by atoms with van der Waals surface area (Å²) >= 11 is 0. The Labute approximate surface area is 75.4 Å². The van der Waals surface area contributed by atoms with Gasteiger partial charge in [0.25, 0.3) is 0 Å². The largest absolute Gasteiger partial charge is 0.480 e. The van der Waals surface area contributed by atoms with Gasteiger partial charge in [-0.05, 0) is 13.0 Å². The molecule has 1 atom stereocenters. The van der Waals surface area contributed by atoms with E-state index in [0.29, 0.717) is 11.3 Å². The van der Waals surface area contributed by atoms with E-state index in [0.717, 1.165) is 0 Å². The number of carbonyl (C=O) groups is 1. The van der Waals surface area contributed by atoms with Gasteiger partial charge in [-0.25, -0.2) is 4.79 Å². The minimum atomic E-state index is -1.49. The third-order valence-electron chi connectivity index (χ3n) is 1.86. The van der Waals surface area contributed by atoms with E-state index < -0.39 is 11.5 Å². The van der Waals surface area contributed by atoms with Crippen LogP contribution in [0.4, 0.5) is 5.69 Å². The van der Waals surface area contributed by atoms with Crippen LogP contribution >= 0.6 is 0 Å². The Hall–Kier alpha value is -1.62. The molecule has 0 aliphatic rings. The summed E-state index contributed by atoms with van der Waals surface area (Å²) in [6, 6.07) is 1.52. The van der Waals surface area contributed by atoms with Gasteiger partial charge in [-0.15, -0.1) is 0 Å². The molecule has 0 bridgehead atoms. The third-order valence-corrected chi connectivity index (χ3v) is 1.86. The Bertz CT molecular complexity index is 336. The van der Waals surface area contributed by atoms with E-state index in [1.165, 1.54) is 25.4 Å². The molecule has 0 aliphatic heterocycles. The van der Waals surface area contributed by atoms with Crippen molar-refractivity contribution in [2.24, 2.45) is 5.73 Å². The van der Waals surface area contributed by atoms with E-state index in [4.69, 9.17) is 16.6 Å². The van der Waals surface area contributed by atoms with Crippen molar-refractivity contribution in [3.8, 4) is 0 Å². The number of nitrogens with two attached hydrogens (primary N) is 2. The van der Waals surface area contributed by atoms with Crippen LogP contribution in [-0.2, 0) is 10.3 Å². The molecule has 0 aliphatic carbocycles. The van der Waals surface area contributed by atoms with Crippen LogP contribution in [-0.4, -0.2) is 16.1 Å². The summed E-state index contributed by atoms with van der Waals surface area (Å²) in [7, 11) is 0. The average Bonchev–Trinajstić information content (AvgIpc) is 2.04. The summed E-state index contributed by atoms with van der Waals surface area (Å²) in [6.45, 7) is 1.38. The number of nitrogen functional groups attached to an aromatic ring is 1. The number of aromatic nitrogens is 1. The molecule has 5 heteroatoms. The Balaban J connectivity index is 3.22. The van der Waals surface area contributed by atoms with Crippen molar-refractivity contribution >= 4 is 11.7 Å². The van der Waals surface area contributed by atoms with E-state index in [-0.39, 0.29) is 0 Å². The molecule has 0 aromatic carbocycles. The van der Waals surface area contributed by atoms with Crippen molar-refractivity contribution in [1.82, 2.24) is 4.98 Å². The van der Waals surface area contributed by atoms with Gasteiger partial charge in [0.2, 0.25) is 0 Å². The molecule has 70 valence electrons. The molecular formula is C8H11N3O2. The van der Waals surface area contributed by atoms with Crippen molar-refractivity contribution in [3.63, 3.8) is 0 Å². The molecule has 1 aromatic rings. The Kier molecular flexibility index (Phi) is 2.20. The predicted molar refractivity (Wildman–Crippen MR) is 47.8 cm³/mol. The molecule has 0 radical (unpaired) electrons. The minimum absolute atomic E-state index is 0.322. The van der Waals surface area contributed by atoms with Gasteiger partial charge in [0.05, 0.1) is 0 Å². The number of hydrogen-bond acceptors (Lipinski definition) is 4. The zero-order chi connectivity index (χ0) is 10.1. The average molecular weight is 181 g/mol. The minimum Gasteiger partial charge on any atom is -0.480 e. The number of nitrogens with zero attached hydrogens (tertiary/aromatic N) is 1. The summed E-state index contributed by atoms with van der Waals surface area (Å²) in [5.74, 6) is -1.13. The summed E-state index contributed by atoms with van der Waals surface area (Å²) in [5.41, 5.74) is 10.3. The second kappa shape index (κ2) is 3.02. The van der Waals surface area contributed by atoms with Crippen LogP contribution in [0, 0.1) is 0 Å². The summed E-state index contributed by atoms with van der Waals surface area (Å²) in [4.78, 5) is 14.5. The van der Waals surface area contributed by atoms with Gasteiger partial charge in [0.15, 0.2) is 0 Å². The lowest BCUT2D eigenvalue weighted by atomic mass is 9.94. The SMILES string of the molecule is CC(N)(C(=O)O)c1cnccc1N. The molecule has 0 spiro atoms. The van der Waals surface area contributed by atoms with Gasteiger partial charge in [0.1, 0.15) is 5.54 Å². The lowest BCUT2D eigenvalue weighted by Crippen LogP contribution is -2.42. The Morgan fingerprint density at radius 2 is 2.31 bits per heavy atom. The van der Waals surface area contributed by atoms with Gasteiger partial charge in [-0.3, -0.25) is 4.98 Å². The topological polar surface area (TPSA) is 102 Å². The molecule has 5 nitrogen and oxygen atoms in total. The number of pyridine rings is 1. The maximum absolute atomic E-state index is 10.8. The maximum Gasteiger partial charge on any atom is 0.328 e. The molecule has 1 heterocycles. The molecule has 0 fully saturated rings. The molecule has 1 aromatic heterocycles. The lowest BCUT2D eigenvalue weighted by molar-refractivity contribution is -0.143. The fourth-order valence-corrected chi connectivity index (χ4v) is 0.954.